The predicted octanol–water partition coefficient (Wildman–Crippen LogP) is 6.55. The molecule has 3 N–H and O–H groups in total. The molecule has 4 rings (SSSR count). The van der Waals surface area contributed by atoms with Crippen molar-refractivity contribution in [1.82, 2.24) is 19.4 Å². The van der Waals surface area contributed by atoms with E-state index in [1.807, 2.05) is 34.9 Å². The van der Waals surface area contributed by atoms with Gasteiger partial charge in [-0.1, -0.05) is 33.5 Å². The summed E-state index contributed by atoms with van der Waals surface area (Å²) in [7, 11) is -1.27. The number of aromatic nitrogens is 3. The van der Waals surface area contributed by atoms with Crippen LogP contribution in [0.25, 0.3) is 22.3 Å². The second kappa shape index (κ2) is 14.4. The van der Waals surface area contributed by atoms with Gasteiger partial charge in [0.2, 0.25) is 5.88 Å². The third kappa shape index (κ3) is 8.75. The molecule has 0 atom stereocenters. The number of halogens is 1. The molecule has 0 bridgehead atoms. The van der Waals surface area contributed by atoms with Gasteiger partial charge in [0.25, 0.3) is 0 Å². The number of fused-ring (bicyclic) bond motifs is 1. The molecule has 0 spiro atoms. The Hall–Kier alpha value is -4.00. The number of primary amides is 1. The van der Waals surface area contributed by atoms with Gasteiger partial charge in [0.15, 0.2) is 0 Å². The molecule has 2 heterocycles. The molecule has 2 amide bonds. The number of urea groups is 1. The number of hydrogen-bond acceptors (Lipinski definition) is 7. The summed E-state index contributed by atoms with van der Waals surface area (Å²) in [5, 5.41) is 2.88. The van der Waals surface area contributed by atoms with E-state index >= 15 is 0 Å². The van der Waals surface area contributed by atoms with Gasteiger partial charge in [-0.3, -0.25) is 0 Å². The van der Waals surface area contributed by atoms with E-state index in [1.165, 1.54) is 18.5 Å². The highest BCUT2D eigenvalue weighted by Crippen LogP contribution is 2.35. The summed E-state index contributed by atoms with van der Waals surface area (Å²) in [4.78, 5) is 22.3. The van der Waals surface area contributed by atoms with Crippen molar-refractivity contribution in [2.75, 3.05) is 38.2 Å². The predicted molar refractivity (Wildman–Crippen MR) is 170 cm³/mol. The van der Waals surface area contributed by atoms with Crippen LogP contribution in [0.1, 0.15) is 13.8 Å². The number of nitrogens with one attached hydrogen (secondary N) is 1. The summed E-state index contributed by atoms with van der Waals surface area (Å²) >= 11 is 0. The van der Waals surface area contributed by atoms with Gasteiger partial charge >= 0.3 is 6.03 Å². The molecule has 4 aromatic rings. The first kappa shape index (κ1) is 31.9. The highest BCUT2D eigenvalue weighted by molar-refractivity contribution is 6.76. The van der Waals surface area contributed by atoms with Crippen LogP contribution in [0.15, 0.2) is 54.9 Å². The molecule has 0 fully saturated rings. The molecular weight excluding hydrogens is 567 g/mol. The lowest BCUT2D eigenvalue weighted by Crippen LogP contribution is -2.27. The van der Waals surface area contributed by atoms with Gasteiger partial charge in [-0.25, -0.2) is 19.2 Å². The maximum atomic E-state index is 14.5. The van der Waals surface area contributed by atoms with E-state index in [2.05, 4.69) is 53.7 Å². The summed E-state index contributed by atoms with van der Waals surface area (Å²) in [5.41, 5.74) is 7.51. The van der Waals surface area contributed by atoms with Gasteiger partial charge in [0.05, 0.1) is 16.8 Å². The number of nitrogens with zero attached hydrogens (tertiary/aromatic N) is 4. The molecule has 43 heavy (non-hydrogen) atoms. The largest absolute Gasteiger partial charge is 0.492 e. The summed E-state index contributed by atoms with van der Waals surface area (Å²) in [5.74, 6) is 0.581. The van der Waals surface area contributed by atoms with Crippen LogP contribution in [-0.4, -0.2) is 66.4 Å². The number of benzene rings is 2. The van der Waals surface area contributed by atoms with Crippen LogP contribution in [0.5, 0.6) is 17.4 Å². The molecule has 0 unspecified atom stereocenters. The van der Waals surface area contributed by atoms with Crippen LogP contribution in [0, 0.1) is 5.82 Å². The Balaban J connectivity index is 1.62. The van der Waals surface area contributed by atoms with Crippen molar-refractivity contribution in [2.45, 2.75) is 46.3 Å². The van der Waals surface area contributed by atoms with E-state index in [0.29, 0.717) is 31.0 Å². The normalized spacial score (nSPS) is 11.7. The Morgan fingerprint density at radius 2 is 1.74 bits per heavy atom. The molecule has 10 nitrogen and oxygen atoms in total. The number of ether oxygens (including phenoxy) is 3. The fourth-order valence-electron chi connectivity index (χ4n) is 4.49. The van der Waals surface area contributed by atoms with Gasteiger partial charge in [-0.2, -0.15) is 0 Å². The lowest BCUT2D eigenvalue weighted by Gasteiger charge is -2.18. The number of rotatable bonds is 15. The fourth-order valence-corrected chi connectivity index (χ4v) is 5.24. The van der Waals surface area contributed by atoms with E-state index in [4.69, 9.17) is 19.9 Å². The van der Waals surface area contributed by atoms with Crippen LogP contribution >= 0.6 is 0 Å². The number of anilines is 1. The van der Waals surface area contributed by atoms with Crippen molar-refractivity contribution in [3.63, 3.8) is 0 Å². The standard InChI is InChI=1S/C31H41FN6O4Si/c1-6-37(7-2)14-15-41-23-10-8-22(9-11-23)28-19-25-29(38(28)21-40-16-17-43(3,4)5)34-20-35-30(25)42-24-12-13-27(26(32)18-24)36-31(33)39/h8-13,18-20H,6-7,14-17,21H2,1-5H3,(H3,33,36,39). The zero-order valence-corrected chi connectivity index (χ0v) is 26.5. The monoisotopic (exact) mass is 608 g/mol. The molecule has 0 aliphatic carbocycles. The van der Waals surface area contributed by atoms with Gasteiger partial charge < -0.3 is 34.7 Å². The molecule has 2 aromatic carbocycles. The molecule has 0 saturated heterocycles. The fraction of sp³-hybridized carbons (Fsp3) is 0.387. The maximum Gasteiger partial charge on any atom is 0.316 e. The number of nitrogens with two attached hydrogens (primary N) is 1. The van der Waals surface area contributed by atoms with Crippen LogP contribution < -0.4 is 20.5 Å². The highest BCUT2D eigenvalue weighted by Gasteiger charge is 2.19. The summed E-state index contributed by atoms with van der Waals surface area (Å²) in [6.45, 7) is 15.6. The Kier molecular flexibility index (Phi) is 10.7. The lowest BCUT2D eigenvalue weighted by molar-refractivity contribution is 0.0909. The summed E-state index contributed by atoms with van der Waals surface area (Å²) < 4.78 is 34.7. The quantitative estimate of drug-likeness (QED) is 0.116. The van der Waals surface area contributed by atoms with E-state index in [9.17, 15) is 9.18 Å². The van der Waals surface area contributed by atoms with Gasteiger partial charge in [0, 0.05) is 27.3 Å². The SMILES string of the molecule is CCN(CC)CCOc1ccc(-c2cc3c(Oc4ccc(NC(N)=O)c(F)c4)ncnc3n2COCC[Si](C)(C)C)cc1. The van der Waals surface area contributed by atoms with E-state index in [1.54, 1.807) is 0 Å². The van der Waals surface area contributed by atoms with Crippen LogP contribution in [0.3, 0.4) is 0 Å². The van der Waals surface area contributed by atoms with E-state index in [0.717, 1.165) is 48.8 Å². The number of likely N-dealkylation sites (N-methyl/N-ethyl adjacent to an activating group) is 1. The van der Waals surface area contributed by atoms with Crippen molar-refractivity contribution >= 4 is 30.8 Å². The van der Waals surface area contributed by atoms with E-state index < -0.39 is 19.9 Å². The number of amides is 2. The molecule has 0 saturated carbocycles. The van der Waals surface area contributed by atoms with Crippen molar-refractivity contribution < 1.29 is 23.4 Å². The van der Waals surface area contributed by atoms with Crippen molar-refractivity contribution in [1.29, 1.82) is 0 Å². The van der Waals surface area contributed by atoms with Crippen molar-refractivity contribution in [3.05, 3.63) is 60.7 Å². The topological polar surface area (TPSA) is 117 Å². The summed E-state index contributed by atoms with van der Waals surface area (Å²) in [6.07, 6.45) is 1.41. The third-order valence-corrected chi connectivity index (χ3v) is 8.71. The minimum atomic E-state index is -1.27. The molecule has 0 radical (unpaired) electrons. The number of hydrogen-bond donors (Lipinski definition) is 2. The minimum Gasteiger partial charge on any atom is -0.492 e. The lowest BCUT2D eigenvalue weighted by atomic mass is 10.1. The Morgan fingerprint density at radius 1 is 1.02 bits per heavy atom. The van der Waals surface area contributed by atoms with Crippen LogP contribution in [0.2, 0.25) is 25.7 Å². The average Bonchev–Trinajstić information content (AvgIpc) is 3.34. The van der Waals surface area contributed by atoms with Gasteiger partial charge in [-0.15, -0.1) is 0 Å². The smallest absolute Gasteiger partial charge is 0.316 e. The van der Waals surface area contributed by atoms with E-state index in [-0.39, 0.29) is 17.3 Å². The number of carbonyl (C=O) groups is 1. The zero-order valence-electron chi connectivity index (χ0n) is 25.5. The molecule has 12 heteroatoms. The average molecular weight is 609 g/mol. The zero-order chi connectivity index (χ0) is 31.0. The second-order valence-corrected chi connectivity index (χ2v) is 17.0. The Bertz CT molecular complexity index is 1520. The first-order valence-electron chi connectivity index (χ1n) is 14.5. The Labute approximate surface area is 253 Å². The van der Waals surface area contributed by atoms with Crippen molar-refractivity contribution in [2.24, 2.45) is 5.73 Å². The minimum absolute atomic E-state index is 0.0444. The second-order valence-electron chi connectivity index (χ2n) is 11.4. The molecule has 0 aliphatic rings. The molecule has 0 aliphatic heterocycles. The molecule has 2 aromatic heterocycles. The van der Waals surface area contributed by atoms with Crippen molar-refractivity contribution in [3.8, 4) is 28.6 Å². The number of carbonyl (C=O) groups excluding carboxylic acids is 1. The Morgan fingerprint density at radius 3 is 2.40 bits per heavy atom. The molecule has 230 valence electrons. The van der Waals surface area contributed by atoms with Gasteiger partial charge in [0.1, 0.15) is 42.6 Å². The molecular formula is C31H41FN6O4Si. The maximum absolute atomic E-state index is 14.5. The van der Waals surface area contributed by atoms with Crippen LogP contribution in [-0.2, 0) is 11.5 Å². The first-order valence-corrected chi connectivity index (χ1v) is 18.2. The summed E-state index contributed by atoms with van der Waals surface area (Å²) in [6, 6.07) is 14.1. The highest BCUT2D eigenvalue weighted by atomic mass is 28.3. The first-order chi connectivity index (χ1) is 20.6. The van der Waals surface area contributed by atoms with Gasteiger partial charge in [-0.05, 0) is 67.2 Å². The third-order valence-electron chi connectivity index (χ3n) is 7.00. The van der Waals surface area contributed by atoms with Crippen LogP contribution in [0.4, 0.5) is 14.9 Å².